The zero-order chi connectivity index (χ0) is 18.8. The van der Waals surface area contributed by atoms with E-state index in [9.17, 15) is 19.7 Å². The Hall–Kier alpha value is -2.45. The first kappa shape index (κ1) is 18.3. The van der Waals surface area contributed by atoms with Crippen LogP contribution in [0.4, 0.5) is 10.7 Å². The molecule has 2 aromatic rings. The lowest BCUT2D eigenvalue weighted by Gasteiger charge is -2.11. The normalized spacial score (nSPS) is 13.0. The minimum Gasteiger partial charge on any atom is -0.465 e. The molecule has 0 unspecified atom stereocenters. The Morgan fingerprint density at radius 2 is 2.04 bits per heavy atom. The molecule has 0 atom stereocenters. The Labute approximate surface area is 158 Å². The van der Waals surface area contributed by atoms with Crippen LogP contribution >= 0.6 is 22.9 Å². The van der Waals surface area contributed by atoms with Crippen LogP contribution < -0.4 is 5.32 Å². The van der Waals surface area contributed by atoms with Crippen molar-refractivity contribution in [3.05, 3.63) is 54.9 Å². The number of nitro benzene ring substituents is 1. The highest BCUT2D eigenvalue weighted by molar-refractivity contribution is 7.17. The maximum absolute atomic E-state index is 12.6. The predicted octanol–water partition coefficient (Wildman–Crippen LogP) is 4.23. The van der Waals surface area contributed by atoms with Crippen LogP contribution in [0.5, 0.6) is 0 Å². The van der Waals surface area contributed by atoms with Crippen LogP contribution in [-0.2, 0) is 17.6 Å². The van der Waals surface area contributed by atoms with E-state index in [-0.39, 0.29) is 10.6 Å². The van der Waals surface area contributed by atoms with Crippen LogP contribution in [0.15, 0.2) is 18.2 Å². The first-order valence-corrected chi connectivity index (χ1v) is 9.10. The van der Waals surface area contributed by atoms with E-state index in [1.165, 1.54) is 30.6 Å². The summed E-state index contributed by atoms with van der Waals surface area (Å²) < 4.78 is 4.86. The number of fused-ring (bicyclic) bond motifs is 1. The SMILES string of the molecule is COC(=O)c1c(NC(=O)c2ccc(Cl)cc2[N+](=O)[O-])sc2c1CCCC2. The Morgan fingerprint density at radius 1 is 1.31 bits per heavy atom. The summed E-state index contributed by atoms with van der Waals surface area (Å²) in [4.78, 5) is 36.4. The summed E-state index contributed by atoms with van der Waals surface area (Å²) in [6.07, 6.45) is 3.56. The lowest BCUT2D eigenvalue weighted by Crippen LogP contribution is -2.16. The summed E-state index contributed by atoms with van der Waals surface area (Å²) in [6, 6.07) is 3.82. The second-order valence-corrected chi connectivity index (χ2v) is 7.32. The number of rotatable bonds is 4. The van der Waals surface area contributed by atoms with E-state index in [1.807, 2.05) is 0 Å². The second-order valence-electron chi connectivity index (χ2n) is 5.78. The predicted molar refractivity (Wildman–Crippen MR) is 98.4 cm³/mol. The molecule has 0 aliphatic heterocycles. The van der Waals surface area contributed by atoms with Crippen molar-refractivity contribution < 1.29 is 19.2 Å². The molecule has 1 aromatic carbocycles. The number of carbonyl (C=O) groups is 2. The Balaban J connectivity index is 1.99. The molecule has 0 spiro atoms. The highest BCUT2D eigenvalue weighted by Crippen LogP contribution is 2.39. The number of nitro groups is 1. The average molecular weight is 395 g/mol. The summed E-state index contributed by atoms with van der Waals surface area (Å²) in [5, 5.41) is 14.4. The van der Waals surface area contributed by atoms with Gasteiger partial charge in [-0.25, -0.2) is 4.79 Å². The molecular weight excluding hydrogens is 380 g/mol. The van der Waals surface area contributed by atoms with Crippen molar-refractivity contribution >= 4 is 45.5 Å². The largest absolute Gasteiger partial charge is 0.465 e. The number of thiophene rings is 1. The fourth-order valence-corrected chi connectivity index (χ4v) is 4.43. The number of amides is 1. The molecule has 0 saturated heterocycles. The van der Waals surface area contributed by atoms with Crippen LogP contribution in [0.1, 0.15) is 44.0 Å². The molecule has 1 aromatic heterocycles. The fourth-order valence-electron chi connectivity index (χ4n) is 2.99. The van der Waals surface area contributed by atoms with Gasteiger partial charge in [0.1, 0.15) is 10.6 Å². The number of benzene rings is 1. The molecule has 1 aliphatic rings. The van der Waals surface area contributed by atoms with E-state index in [1.54, 1.807) is 0 Å². The van der Waals surface area contributed by atoms with Gasteiger partial charge in [0, 0.05) is 16.0 Å². The van der Waals surface area contributed by atoms with Crippen LogP contribution in [0.3, 0.4) is 0 Å². The standard InChI is InChI=1S/C17H15ClN2O5S/c1-25-17(22)14-11-4-2-3-5-13(11)26-16(14)19-15(21)10-7-6-9(18)8-12(10)20(23)24/h6-8H,2-5H2,1H3,(H,19,21). The maximum Gasteiger partial charge on any atom is 0.341 e. The van der Waals surface area contributed by atoms with Gasteiger partial charge in [-0.1, -0.05) is 11.6 Å². The third-order valence-electron chi connectivity index (χ3n) is 4.19. The van der Waals surface area contributed by atoms with Gasteiger partial charge in [-0.2, -0.15) is 0 Å². The number of hydrogen-bond donors (Lipinski definition) is 1. The zero-order valence-electron chi connectivity index (χ0n) is 13.8. The first-order chi connectivity index (χ1) is 12.4. The summed E-state index contributed by atoms with van der Waals surface area (Å²) >= 11 is 7.10. The summed E-state index contributed by atoms with van der Waals surface area (Å²) in [7, 11) is 1.28. The number of hydrogen-bond acceptors (Lipinski definition) is 6. The van der Waals surface area contributed by atoms with Crippen LogP contribution in [0, 0.1) is 10.1 Å². The van der Waals surface area contributed by atoms with Gasteiger partial charge < -0.3 is 10.1 Å². The van der Waals surface area contributed by atoms with E-state index in [0.717, 1.165) is 42.2 Å². The molecule has 1 aliphatic carbocycles. The third kappa shape index (κ3) is 3.42. The van der Waals surface area contributed by atoms with E-state index < -0.39 is 22.5 Å². The van der Waals surface area contributed by atoms with Crippen molar-refractivity contribution in [3.8, 4) is 0 Å². The van der Waals surface area contributed by atoms with Crippen LogP contribution in [0.2, 0.25) is 5.02 Å². The lowest BCUT2D eigenvalue weighted by molar-refractivity contribution is -0.385. The molecular formula is C17H15ClN2O5S. The topological polar surface area (TPSA) is 98.5 Å². The fraction of sp³-hybridized carbons (Fsp3) is 0.294. The number of nitrogens with one attached hydrogen (secondary N) is 1. The number of nitrogens with zero attached hydrogens (tertiary/aromatic N) is 1. The molecule has 136 valence electrons. The maximum atomic E-state index is 12.6. The van der Waals surface area contributed by atoms with Gasteiger partial charge in [-0.15, -0.1) is 11.3 Å². The summed E-state index contributed by atoms with van der Waals surface area (Å²) in [5.74, 6) is -1.19. The van der Waals surface area contributed by atoms with E-state index in [4.69, 9.17) is 16.3 Å². The van der Waals surface area contributed by atoms with Crippen molar-refractivity contribution in [1.82, 2.24) is 0 Å². The van der Waals surface area contributed by atoms with E-state index >= 15 is 0 Å². The average Bonchev–Trinajstić information content (AvgIpc) is 2.98. The minimum absolute atomic E-state index is 0.124. The molecule has 9 heteroatoms. The van der Waals surface area contributed by atoms with Crippen molar-refractivity contribution in [3.63, 3.8) is 0 Å². The smallest absolute Gasteiger partial charge is 0.341 e. The summed E-state index contributed by atoms with van der Waals surface area (Å²) in [6.45, 7) is 0. The number of carbonyl (C=O) groups excluding carboxylic acids is 2. The number of aryl methyl sites for hydroxylation is 1. The van der Waals surface area contributed by atoms with Crippen LogP contribution in [-0.4, -0.2) is 23.9 Å². The minimum atomic E-state index is -0.669. The molecule has 3 rings (SSSR count). The highest BCUT2D eigenvalue weighted by Gasteiger charge is 2.28. The van der Waals surface area contributed by atoms with Crippen molar-refractivity contribution in [1.29, 1.82) is 0 Å². The number of halogens is 1. The number of ether oxygens (including phenoxy) is 1. The van der Waals surface area contributed by atoms with Crippen LogP contribution in [0.25, 0.3) is 0 Å². The quantitative estimate of drug-likeness (QED) is 0.475. The van der Waals surface area contributed by atoms with Gasteiger partial charge in [0.25, 0.3) is 11.6 Å². The van der Waals surface area contributed by atoms with E-state index in [0.29, 0.717) is 10.6 Å². The molecule has 0 fully saturated rings. The molecule has 7 nitrogen and oxygen atoms in total. The number of esters is 1. The van der Waals surface area contributed by atoms with E-state index in [2.05, 4.69) is 5.32 Å². The third-order valence-corrected chi connectivity index (χ3v) is 5.63. The first-order valence-electron chi connectivity index (χ1n) is 7.90. The van der Waals surface area contributed by atoms with Crippen molar-refractivity contribution in [2.45, 2.75) is 25.7 Å². The van der Waals surface area contributed by atoms with Crippen molar-refractivity contribution in [2.75, 3.05) is 12.4 Å². The van der Waals surface area contributed by atoms with Gasteiger partial charge in [-0.05, 0) is 43.4 Å². The molecule has 0 saturated carbocycles. The molecule has 1 amide bonds. The monoisotopic (exact) mass is 394 g/mol. The Bertz CT molecular complexity index is 909. The molecule has 1 N–H and O–H groups in total. The molecule has 1 heterocycles. The van der Waals surface area contributed by atoms with Gasteiger partial charge in [0.15, 0.2) is 0 Å². The highest BCUT2D eigenvalue weighted by atomic mass is 35.5. The second kappa shape index (κ2) is 7.43. The Morgan fingerprint density at radius 3 is 2.73 bits per heavy atom. The van der Waals surface area contributed by atoms with Gasteiger partial charge >= 0.3 is 5.97 Å². The summed E-state index contributed by atoms with van der Waals surface area (Å²) in [5.41, 5.74) is 0.726. The zero-order valence-corrected chi connectivity index (χ0v) is 15.4. The van der Waals surface area contributed by atoms with Crippen molar-refractivity contribution in [2.24, 2.45) is 0 Å². The lowest BCUT2D eigenvalue weighted by atomic mass is 9.95. The number of anilines is 1. The van der Waals surface area contributed by atoms with Gasteiger partial charge in [0.2, 0.25) is 0 Å². The molecule has 0 radical (unpaired) electrons. The molecule has 0 bridgehead atoms. The van der Waals surface area contributed by atoms with Gasteiger partial charge in [0.05, 0.1) is 17.6 Å². The van der Waals surface area contributed by atoms with Gasteiger partial charge in [-0.3, -0.25) is 14.9 Å². The number of methoxy groups -OCH3 is 1. The molecule has 26 heavy (non-hydrogen) atoms. The Kier molecular flexibility index (Phi) is 5.24.